The smallest absolute Gasteiger partial charge is 0.338 e. The molecule has 12 heteroatoms. The van der Waals surface area contributed by atoms with E-state index in [0.717, 1.165) is 48.3 Å². The fraction of sp³-hybridized carbons (Fsp3) is 0.414. The second-order valence-electron chi connectivity index (χ2n) is 10.2. The van der Waals surface area contributed by atoms with Crippen LogP contribution in [0.3, 0.4) is 0 Å². The number of hydrogen-bond donors (Lipinski definition) is 2. The molecule has 2 aromatic carbocycles. The number of methoxy groups -OCH3 is 1. The maximum absolute atomic E-state index is 12.7. The summed E-state index contributed by atoms with van der Waals surface area (Å²) >= 11 is 0. The van der Waals surface area contributed by atoms with Crippen LogP contribution < -0.4 is 15.2 Å². The van der Waals surface area contributed by atoms with Crippen molar-refractivity contribution in [1.29, 1.82) is 0 Å². The highest BCUT2D eigenvalue weighted by molar-refractivity contribution is 5.91. The van der Waals surface area contributed by atoms with Gasteiger partial charge in [0.15, 0.2) is 0 Å². The molecule has 0 radical (unpaired) electrons. The quantitative estimate of drug-likeness (QED) is 0.264. The summed E-state index contributed by atoms with van der Waals surface area (Å²) < 4.78 is 16.3. The minimum atomic E-state index is -0.678. The van der Waals surface area contributed by atoms with Gasteiger partial charge in [0.05, 0.1) is 24.6 Å². The summed E-state index contributed by atoms with van der Waals surface area (Å²) in [5, 5.41) is 0.915. The van der Waals surface area contributed by atoms with Crippen molar-refractivity contribution in [1.82, 2.24) is 14.8 Å². The summed E-state index contributed by atoms with van der Waals surface area (Å²) in [4.78, 5) is 44.4. The number of piperazine rings is 1. The van der Waals surface area contributed by atoms with Crippen molar-refractivity contribution in [3.63, 3.8) is 0 Å². The summed E-state index contributed by atoms with van der Waals surface area (Å²) in [6.45, 7) is 9.41. The maximum atomic E-state index is 12.7. The lowest BCUT2D eigenvalue weighted by atomic mass is 10.0. The summed E-state index contributed by atoms with van der Waals surface area (Å²) in [6, 6.07) is 12.0. The number of nitrogens with one attached hydrogen (secondary N) is 1. The molecule has 0 aliphatic carbocycles. The average molecular weight is 610 g/mol. The predicted octanol–water partition coefficient (Wildman–Crippen LogP) is 3.51. The Hall–Kier alpha value is -3.31. The van der Waals surface area contributed by atoms with Crippen molar-refractivity contribution in [2.24, 2.45) is 5.73 Å². The van der Waals surface area contributed by atoms with Gasteiger partial charge in [-0.05, 0) is 68.8 Å². The van der Waals surface area contributed by atoms with E-state index in [1.807, 2.05) is 39.0 Å². The van der Waals surface area contributed by atoms with Crippen LogP contribution in [0, 0.1) is 6.92 Å². The first-order valence-corrected chi connectivity index (χ1v) is 13.0. The molecule has 41 heavy (non-hydrogen) atoms. The molecule has 0 spiro atoms. The maximum Gasteiger partial charge on any atom is 0.338 e. The van der Waals surface area contributed by atoms with Crippen molar-refractivity contribution in [3.05, 3.63) is 59.3 Å². The van der Waals surface area contributed by atoms with E-state index in [-0.39, 0.29) is 43.7 Å². The van der Waals surface area contributed by atoms with E-state index >= 15 is 0 Å². The van der Waals surface area contributed by atoms with Gasteiger partial charge < -0.3 is 24.9 Å². The van der Waals surface area contributed by atoms with Gasteiger partial charge in [0, 0.05) is 49.3 Å². The average Bonchev–Trinajstić information content (AvgIpc) is 3.22. The first-order valence-electron chi connectivity index (χ1n) is 13.0. The molecule has 1 aliphatic rings. The summed E-state index contributed by atoms with van der Waals surface area (Å²) in [5.74, 6) is -0.119. The molecule has 3 aromatic rings. The lowest BCUT2D eigenvalue weighted by Gasteiger charge is -2.42. The van der Waals surface area contributed by atoms with Crippen LogP contribution in [0.1, 0.15) is 35.5 Å². The highest BCUT2D eigenvalue weighted by Gasteiger charge is 2.34. The van der Waals surface area contributed by atoms with E-state index in [2.05, 4.69) is 14.8 Å². The van der Waals surface area contributed by atoms with Crippen LogP contribution in [-0.2, 0) is 20.7 Å². The van der Waals surface area contributed by atoms with E-state index in [4.69, 9.17) is 19.9 Å². The Bertz CT molecular complexity index is 1350. The Balaban J connectivity index is 0.00000294. The number of hydrogen-bond acceptors (Lipinski definition) is 8. The Morgan fingerprint density at radius 2 is 1.61 bits per heavy atom. The molecule has 2 heterocycles. The second kappa shape index (κ2) is 14.5. The predicted molar refractivity (Wildman–Crippen MR) is 161 cm³/mol. The number of aryl methyl sites for hydroxylation is 1. The molecule has 3 N–H and O–H groups in total. The van der Waals surface area contributed by atoms with Gasteiger partial charge >= 0.3 is 11.9 Å². The summed E-state index contributed by atoms with van der Waals surface area (Å²) in [7, 11) is 1.60. The zero-order valence-electron chi connectivity index (χ0n) is 23.7. The van der Waals surface area contributed by atoms with Crippen molar-refractivity contribution in [2.45, 2.75) is 32.7 Å². The first kappa shape index (κ1) is 33.9. The molecule has 1 aliphatic heterocycles. The number of halogens is 2. The number of carbonyl (C=O) groups is 3. The Labute approximate surface area is 252 Å². The molecule has 0 bridgehead atoms. The van der Waals surface area contributed by atoms with Crippen molar-refractivity contribution >= 4 is 53.6 Å². The number of esters is 2. The van der Waals surface area contributed by atoms with Gasteiger partial charge in [-0.2, -0.15) is 0 Å². The molecular formula is C29H38Cl2N4O6. The topological polar surface area (TPSA) is 127 Å². The number of rotatable bonds is 10. The molecule has 1 amide bonds. The molecule has 1 fully saturated rings. The third-order valence-electron chi connectivity index (χ3n) is 7.38. The number of H-pyrrole nitrogens is 1. The number of primary amides is 1. The third kappa shape index (κ3) is 8.13. The minimum Gasteiger partial charge on any atom is -0.497 e. The molecular weight excluding hydrogens is 571 g/mol. The Kier molecular flexibility index (Phi) is 12.0. The minimum absolute atomic E-state index is 0. The lowest BCUT2D eigenvalue weighted by Crippen LogP contribution is -2.59. The number of ether oxygens (including phenoxy) is 3. The number of nitrogens with two attached hydrogens (primary N) is 1. The number of nitrogens with zero attached hydrogens (tertiary/aromatic N) is 2. The molecule has 4 rings (SSSR count). The van der Waals surface area contributed by atoms with E-state index in [1.165, 1.54) is 0 Å². The van der Waals surface area contributed by atoms with E-state index in [1.54, 1.807) is 31.4 Å². The summed E-state index contributed by atoms with van der Waals surface area (Å²) in [6.07, 6.45) is 0.0943. The van der Waals surface area contributed by atoms with Gasteiger partial charge in [-0.1, -0.05) is 0 Å². The number of benzene rings is 2. The van der Waals surface area contributed by atoms with Gasteiger partial charge in [0.2, 0.25) is 5.91 Å². The van der Waals surface area contributed by atoms with Gasteiger partial charge in [0.25, 0.3) is 0 Å². The standard InChI is InChI=1S/C29H36N4O6.2ClH/c1-19-23(24-17-22(37-4)9-10-25(24)31-19)18-26(34)39-21-7-5-20(6-8-21)27(35)38-16-15-32-11-13-33(14-12-32)29(2,3)28(30)36;;/h5-10,17,31H,11-16,18H2,1-4H3,(H2,30,36);2*1H. The van der Waals surface area contributed by atoms with Crippen LogP contribution in [0.2, 0.25) is 0 Å². The van der Waals surface area contributed by atoms with Crippen molar-refractivity contribution < 1.29 is 28.6 Å². The van der Waals surface area contributed by atoms with Gasteiger partial charge in [-0.3, -0.25) is 19.4 Å². The number of aromatic amines is 1. The summed E-state index contributed by atoms with van der Waals surface area (Å²) in [5.41, 5.74) is 7.89. The SMILES string of the molecule is COc1ccc2[nH]c(C)c(CC(=O)Oc3ccc(C(=O)OCCN4CCN(C(C)(C)C(N)=O)CC4)cc3)c2c1.Cl.Cl. The highest BCUT2D eigenvalue weighted by Crippen LogP contribution is 2.27. The van der Waals surface area contributed by atoms with Crippen LogP contribution in [0.5, 0.6) is 11.5 Å². The van der Waals surface area contributed by atoms with Crippen molar-refractivity contribution in [2.75, 3.05) is 46.4 Å². The molecule has 224 valence electrons. The zero-order valence-corrected chi connectivity index (χ0v) is 25.4. The van der Waals surface area contributed by atoms with E-state index < -0.39 is 17.5 Å². The molecule has 0 atom stereocenters. The second-order valence-corrected chi connectivity index (χ2v) is 10.2. The fourth-order valence-corrected chi connectivity index (χ4v) is 4.72. The monoisotopic (exact) mass is 608 g/mol. The number of fused-ring (bicyclic) bond motifs is 1. The Morgan fingerprint density at radius 3 is 2.22 bits per heavy atom. The van der Waals surface area contributed by atoms with Gasteiger partial charge in [-0.25, -0.2) is 4.79 Å². The highest BCUT2D eigenvalue weighted by atomic mass is 35.5. The van der Waals surface area contributed by atoms with E-state index in [9.17, 15) is 14.4 Å². The van der Waals surface area contributed by atoms with Gasteiger partial charge in [0.1, 0.15) is 18.1 Å². The first-order chi connectivity index (χ1) is 18.6. The van der Waals surface area contributed by atoms with Crippen LogP contribution in [0.4, 0.5) is 0 Å². The zero-order chi connectivity index (χ0) is 28.2. The van der Waals surface area contributed by atoms with Crippen LogP contribution in [0.25, 0.3) is 10.9 Å². The van der Waals surface area contributed by atoms with Crippen LogP contribution in [-0.4, -0.2) is 84.6 Å². The normalized spacial score (nSPS) is 14.0. The van der Waals surface area contributed by atoms with Gasteiger partial charge in [-0.15, -0.1) is 24.8 Å². The third-order valence-corrected chi connectivity index (χ3v) is 7.38. The number of aromatic nitrogens is 1. The van der Waals surface area contributed by atoms with E-state index in [0.29, 0.717) is 23.6 Å². The molecule has 1 saturated heterocycles. The van der Waals surface area contributed by atoms with Crippen LogP contribution >= 0.6 is 24.8 Å². The molecule has 1 aromatic heterocycles. The number of amides is 1. The largest absolute Gasteiger partial charge is 0.497 e. The fourth-order valence-electron chi connectivity index (χ4n) is 4.72. The molecule has 10 nitrogen and oxygen atoms in total. The Morgan fingerprint density at radius 1 is 0.976 bits per heavy atom. The van der Waals surface area contributed by atoms with Crippen LogP contribution in [0.15, 0.2) is 42.5 Å². The van der Waals surface area contributed by atoms with Crippen molar-refractivity contribution in [3.8, 4) is 11.5 Å². The number of carbonyl (C=O) groups excluding carboxylic acids is 3. The molecule has 0 saturated carbocycles. The lowest BCUT2D eigenvalue weighted by molar-refractivity contribution is -0.133. The molecule has 0 unspecified atom stereocenters.